The molecule has 0 bridgehead atoms. The summed E-state index contributed by atoms with van der Waals surface area (Å²) in [6.45, 7) is 2.00. The molecule has 2 aromatic carbocycles. The average Bonchev–Trinajstić information content (AvgIpc) is 3.37. The van der Waals surface area contributed by atoms with E-state index in [1.165, 1.54) is 0 Å². The lowest BCUT2D eigenvalue weighted by atomic mass is 10.1. The molecule has 2 heterocycles. The molecule has 4 rings (SSSR count). The van der Waals surface area contributed by atoms with Crippen molar-refractivity contribution in [2.75, 3.05) is 14.2 Å². The second-order valence-electron chi connectivity index (χ2n) is 6.24. The summed E-state index contributed by atoms with van der Waals surface area (Å²) in [6, 6.07) is 13.7. The van der Waals surface area contributed by atoms with E-state index in [0.29, 0.717) is 18.1 Å². The third-order valence-corrected chi connectivity index (χ3v) is 5.07. The molecule has 7 heteroatoms. The van der Waals surface area contributed by atoms with Crippen LogP contribution in [0.4, 0.5) is 0 Å². The van der Waals surface area contributed by atoms with Gasteiger partial charge in [0.15, 0.2) is 0 Å². The molecule has 2 aromatic heterocycles. The van der Waals surface area contributed by atoms with Gasteiger partial charge in [0.05, 0.1) is 31.3 Å². The molecule has 0 amide bonds. The zero-order valence-electron chi connectivity index (χ0n) is 15.8. The van der Waals surface area contributed by atoms with Crippen molar-refractivity contribution in [2.24, 2.45) is 0 Å². The van der Waals surface area contributed by atoms with Crippen molar-refractivity contribution >= 4 is 11.3 Å². The summed E-state index contributed by atoms with van der Waals surface area (Å²) in [5, 5.41) is 7.22. The smallest absolute Gasteiger partial charge is 0.231 e. The second kappa shape index (κ2) is 7.82. The second-order valence-corrected chi connectivity index (χ2v) is 7.30. The zero-order valence-corrected chi connectivity index (χ0v) is 16.6. The highest BCUT2D eigenvalue weighted by molar-refractivity contribution is 7.09. The molecule has 0 unspecified atom stereocenters. The van der Waals surface area contributed by atoms with Gasteiger partial charge in [0, 0.05) is 22.6 Å². The van der Waals surface area contributed by atoms with Crippen LogP contribution in [0.15, 0.2) is 52.4 Å². The minimum Gasteiger partial charge on any atom is -0.497 e. The highest BCUT2D eigenvalue weighted by Crippen LogP contribution is 2.26. The molecule has 0 spiro atoms. The number of methoxy groups -OCH3 is 2. The van der Waals surface area contributed by atoms with E-state index in [4.69, 9.17) is 14.0 Å². The van der Waals surface area contributed by atoms with Gasteiger partial charge in [-0.2, -0.15) is 4.98 Å². The Hall–Kier alpha value is -3.19. The van der Waals surface area contributed by atoms with Crippen LogP contribution in [-0.4, -0.2) is 29.3 Å². The van der Waals surface area contributed by atoms with Crippen molar-refractivity contribution in [3.05, 3.63) is 64.3 Å². The Morgan fingerprint density at radius 2 is 1.61 bits per heavy atom. The van der Waals surface area contributed by atoms with Crippen molar-refractivity contribution in [3.8, 4) is 34.1 Å². The van der Waals surface area contributed by atoms with Crippen LogP contribution < -0.4 is 9.47 Å². The molecule has 0 fully saturated rings. The van der Waals surface area contributed by atoms with E-state index in [0.717, 1.165) is 38.9 Å². The number of aryl methyl sites for hydroxylation is 1. The van der Waals surface area contributed by atoms with Gasteiger partial charge in [0.25, 0.3) is 0 Å². The SMILES string of the molecule is COc1cc(Cc2nc(-c3ccc(-c4csc(C)n4)cc3)no2)cc(OC)c1. The number of rotatable bonds is 6. The Bertz CT molecular complexity index is 1060. The molecular formula is C21H19N3O3S. The van der Waals surface area contributed by atoms with Crippen molar-refractivity contribution in [1.29, 1.82) is 0 Å². The summed E-state index contributed by atoms with van der Waals surface area (Å²) >= 11 is 1.64. The largest absolute Gasteiger partial charge is 0.497 e. The first-order valence-electron chi connectivity index (χ1n) is 8.72. The Balaban J connectivity index is 1.53. The van der Waals surface area contributed by atoms with Crippen molar-refractivity contribution in [2.45, 2.75) is 13.3 Å². The fourth-order valence-corrected chi connectivity index (χ4v) is 3.50. The first-order valence-corrected chi connectivity index (χ1v) is 9.60. The number of aromatic nitrogens is 3. The summed E-state index contributed by atoms with van der Waals surface area (Å²) in [4.78, 5) is 9.03. The standard InChI is InChI=1S/C21H19N3O3S/c1-13-22-19(12-28-13)15-4-6-16(7-5-15)21-23-20(27-24-21)10-14-8-17(25-2)11-18(9-14)26-3/h4-9,11-12H,10H2,1-3H3. The minimum absolute atomic E-state index is 0.497. The van der Waals surface area contributed by atoms with Crippen LogP contribution in [0.25, 0.3) is 22.6 Å². The van der Waals surface area contributed by atoms with E-state index >= 15 is 0 Å². The van der Waals surface area contributed by atoms with Gasteiger partial charge >= 0.3 is 0 Å². The van der Waals surface area contributed by atoms with Crippen molar-refractivity contribution in [1.82, 2.24) is 15.1 Å². The van der Waals surface area contributed by atoms with Crippen molar-refractivity contribution in [3.63, 3.8) is 0 Å². The van der Waals surface area contributed by atoms with Gasteiger partial charge in [-0.25, -0.2) is 4.98 Å². The molecule has 0 aliphatic rings. The Kier molecular flexibility index (Phi) is 5.08. The van der Waals surface area contributed by atoms with Gasteiger partial charge in [-0.3, -0.25) is 0 Å². The molecule has 6 nitrogen and oxygen atoms in total. The summed E-state index contributed by atoms with van der Waals surface area (Å²) in [5.74, 6) is 2.54. The van der Waals surface area contributed by atoms with E-state index in [2.05, 4.69) is 20.5 Å². The molecule has 4 aromatic rings. The maximum atomic E-state index is 5.43. The Morgan fingerprint density at radius 1 is 0.929 bits per heavy atom. The highest BCUT2D eigenvalue weighted by Gasteiger charge is 2.12. The van der Waals surface area contributed by atoms with E-state index in [9.17, 15) is 0 Å². The highest BCUT2D eigenvalue weighted by atomic mass is 32.1. The van der Waals surface area contributed by atoms with E-state index in [-0.39, 0.29) is 0 Å². The van der Waals surface area contributed by atoms with Crippen LogP contribution in [0.3, 0.4) is 0 Å². The number of thiazole rings is 1. The summed E-state index contributed by atoms with van der Waals surface area (Å²) in [5.41, 5.74) is 3.92. The van der Waals surface area contributed by atoms with E-state index in [1.54, 1.807) is 25.6 Å². The van der Waals surface area contributed by atoms with Crippen LogP contribution in [0, 0.1) is 6.92 Å². The summed E-state index contributed by atoms with van der Waals surface area (Å²) in [7, 11) is 3.25. The zero-order chi connectivity index (χ0) is 19.5. The fourth-order valence-electron chi connectivity index (χ4n) is 2.87. The van der Waals surface area contributed by atoms with E-state index in [1.807, 2.05) is 49.4 Å². The number of ether oxygens (including phenoxy) is 2. The maximum Gasteiger partial charge on any atom is 0.231 e. The first kappa shape index (κ1) is 18.2. The Labute approximate surface area is 166 Å². The van der Waals surface area contributed by atoms with Gasteiger partial charge in [-0.05, 0) is 24.6 Å². The third kappa shape index (κ3) is 3.89. The molecule has 0 saturated carbocycles. The predicted molar refractivity (Wildman–Crippen MR) is 108 cm³/mol. The molecule has 0 aliphatic heterocycles. The maximum absolute atomic E-state index is 5.43. The van der Waals surface area contributed by atoms with Gasteiger partial charge in [-0.15, -0.1) is 11.3 Å². The molecule has 0 atom stereocenters. The minimum atomic E-state index is 0.497. The van der Waals surface area contributed by atoms with Gasteiger partial charge < -0.3 is 14.0 Å². The number of benzene rings is 2. The average molecular weight is 393 g/mol. The molecule has 0 saturated heterocycles. The van der Waals surface area contributed by atoms with Crippen LogP contribution in [0.1, 0.15) is 16.5 Å². The van der Waals surface area contributed by atoms with Gasteiger partial charge in [0.2, 0.25) is 11.7 Å². The topological polar surface area (TPSA) is 70.3 Å². The number of hydrogen-bond donors (Lipinski definition) is 0. The van der Waals surface area contributed by atoms with Crippen LogP contribution in [0.5, 0.6) is 11.5 Å². The third-order valence-electron chi connectivity index (χ3n) is 4.29. The van der Waals surface area contributed by atoms with E-state index < -0.39 is 0 Å². The van der Waals surface area contributed by atoms with Gasteiger partial charge in [0.1, 0.15) is 11.5 Å². The predicted octanol–water partition coefficient (Wildman–Crippen LogP) is 4.78. The quantitative estimate of drug-likeness (QED) is 0.470. The summed E-state index contributed by atoms with van der Waals surface area (Å²) in [6.07, 6.45) is 0.497. The van der Waals surface area contributed by atoms with Crippen LogP contribution in [0.2, 0.25) is 0 Å². The Morgan fingerprint density at radius 3 is 2.21 bits per heavy atom. The fraction of sp³-hybridized carbons (Fsp3) is 0.190. The lowest BCUT2D eigenvalue weighted by molar-refractivity contribution is 0.382. The monoisotopic (exact) mass is 393 g/mol. The molecular weight excluding hydrogens is 374 g/mol. The lowest BCUT2D eigenvalue weighted by Crippen LogP contribution is -1.93. The lowest BCUT2D eigenvalue weighted by Gasteiger charge is -2.06. The van der Waals surface area contributed by atoms with Crippen LogP contribution >= 0.6 is 11.3 Å². The van der Waals surface area contributed by atoms with Gasteiger partial charge in [-0.1, -0.05) is 29.4 Å². The van der Waals surface area contributed by atoms with Crippen LogP contribution in [-0.2, 0) is 6.42 Å². The normalized spacial score (nSPS) is 10.8. The molecule has 142 valence electrons. The summed E-state index contributed by atoms with van der Waals surface area (Å²) < 4.78 is 16.1. The first-order chi connectivity index (χ1) is 13.6. The molecule has 0 N–H and O–H groups in total. The van der Waals surface area contributed by atoms with Crippen molar-refractivity contribution < 1.29 is 14.0 Å². The number of nitrogens with zero attached hydrogens (tertiary/aromatic N) is 3. The molecule has 0 aliphatic carbocycles. The number of hydrogen-bond acceptors (Lipinski definition) is 7. The molecule has 0 radical (unpaired) electrons. The molecule has 28 heavy (non-hydrogen) atoms.